The average Bonchev–Trinajstić information content (AvgIpc) is 3.55. The molecule has 9 heteroatoms. The summed E-state index contributed by atoms with van der Waals surface area (Å²) >= 11 is 0. The molecule has 2 aliphatic heterocycles. The van der Waals surface area contributed by atoms with E-state index in [2.05, 4.69) is 76.9 Å². The molecule has 39 heavy (non-hydrogen) atoms. The number of piperazine rings is 1. The summed E-state index contributed by atoms with van der Waals surface area (Å²) in [6, 6.07) is 9.41. The van der Waals surface area contributed by atoms with E-state index in [-0.39, 0.29) is 0 Å². The molecule has 4 aromatic rings. The van der Waals surface area contributed by atoms with Crippen molar-refractivity contribution in [2.24, 2.45) is 5.92 Å². The third-order valence-corrected chi connectivity index (χ3v) is 8.50. The predicted molar refractivity (Wildman–Crippen MR) is 154 cm³/mol. The molecule has 3 aromatic heterocycles. The fraction of sp³-hybridized carbons (Fsp3) is 0.500. The van der Waals surface area contributed by atoms with E-state index in [1.165, 1.54) is 11.1 Å². The molecular formula is C30H39N9. The molecule has 2 unspecified atom stereocenters. The molecule has 0 spiro atoms. The van der Waals surface area contributed by atoms with Crippen LogP contribution in [0.15, 0.2) is 36.7 Å². The summed E-state index contributed by atoms with van der Waals surface area (Å²) in [6.45, 7) is 14.8. The Morgan fingerprint density at radius 3 is 2.49 bits per heavy atom. The lowest BCUT2D eigenvalue weighted by Gasteiger charge is -2.38. The number of aryl methyl sites for hydroxylation is 3. The van der Waals surface area contributed by atoms with E-state index in [0.29, 0.717) is 17.7 Å². The Bertz CT molecular complexity index is 1440. The van der Waals surface area contributed by atoms with Gasteiger partial charge in [0.2, 0.25) is 0 Å². The van der Waals surface area contributed by atoms with Gasteiger partial charge in [-0.05, 0) is 64.6 Å². The summed E-state index contributed by atoms with van der Waals surface area (Å²) in [5.41, 5.74) is 6.86. The highest BCUT2D eigenvalue weighted by Crippen LogP contribution is 2.28. The third-order valence-electron chi connectivity index (χ3n) is 8.50. The smallest absolute Gasteiger partial charge is 0.252 e. The second-order valence-corrected chi connectivity index (χ2v) is 11.5. The fourth-order valence-electron chi connectivity index (χ4n) is 6.16. The molecule has 1 aromatic carbocycles. The Morgan fingerprint density at radius 2 is 1.74 bits per heavy atom. The molecule has 0 bridgehead atoms. The van der Waals surface area contributed by atoms with Gasteiger partial charge < -0.3 is 9.80 Å². The second-order valence-electron chi connectivity index (χ2n) is 11.5. The number of nitrogens with zero attached hydrogens (tertiary/aromatic N) is 9. The molecule has 6 rings (SSSR count). The third kappa shape index (κ3) is 5.38. The molecule has 0 aliphatic carbocycles. The quantitative estimate of drug-likeness (QED) is 0.377. The van der Waals surface area contributed by atoms with Gasteiger partial charge in [-0.3, -0.25) is 9.88 Å². The lowest BCUT2D eigenvalue weighted by Crippen LogP contribution is -2.49. The van der Waals surface area contributed by atoms with Crippen molar-refractivity contribution in [1.29, 1.82) is 0 Å². The van der Waals surface area contributed by atoms with E-state index in [0.717, 1.165) is 86.4 Å². The molecule has 2 saturated heterocycles. The van der Waals surface area contributed by atoms with Crippen LogP contribution in [0.2, 0.25) is 0 Å². The van der Waals surface area contributed by atoms with E-state index >= 15 is 0 Å². The van der Waals surface area contributed by atoms with Crippen LogP contribution in [0.5, 0.6) is 0 Å². The Labute approximate surface area is 230 Å². The van der Waals surface area contributed by atoms with Crippen molar-refractivity contribution in [3.8, 4) is 11.3 Å². The molecule has 2 fully saturated rings. The highest BCUT2D eigenvalue weighted by Gasteiger charge is 2.26. The number of benzene rings is 1. The van der Waals surface area contributed by atoms with Gasteiger partial charge in [-0.1, -0.05) is 24.3 Å². The molecule has 0 amide bonds. The zero-order valence-electron chi connectivity index (χ0n) is 23.8. The topological polar surface area (TPSA) is 78.6 Å². The first kappa shape index (κ1) is 25.8. The van der Waals surface area contributed by atoms with Crippen LogP contribution in [0.3, 0.4) is 0 Å². The van der Waals surface area contributed by atoms with Gasteiger partial charge in [-0.15, -0.1) is 0 Å². The summed E-state index contributed by atoms with van der Waals surface area (Å²) in [7, 11) is 2.21. The monoisotopic (exact) mass is 525 g/mol. The lowest BCUT2D eigenvalue weighted by molar-refractivity contribution is 0.0938. The van der Waals surface area contributed by atoms with Gasteiger partial charge >= 0.3 is 0 Å². The molecule has 5 heterocycles. The van der Waals surface area contributed by atoms with Gasteiger partial charge in [0.15, 0.2) is 0 Å². The van der Waals surface area contributed by atoms with E-state index in [1.54, 1.807) is 0 Å². The van der Waals surface area contributed by atoms with Gasteiger partial charge in [0, 0.05) is 62.3 Å². The standard InChI is InChI=1S/C30H39N9/c1-20-17-36(5)12-13-37(20)18-24-6-8-26(9-7-24)28-15-32-29(16-31-28)38-11-10-25(19-38)14-27-21(2)33-30-34-23(4)35-39(30)22(27)3/h6-9,15-16,20,25H,10-14,17-19H2,1-5H3. The van der Waals surface area contributed by atoms with E-state index in [4.69, 9.17) is 15.0 Å². The maximum absolute atomic E-state index is 4.81. The van der Waals surface area contributed by atoms with Crippen molar-refractivity contribution in [2.75, 3.05) is 44.7 Å². The molecule has 0 N–H and O–H groups in total. The minimum absolute atomic E-state index is 0.545. The van der Waals surface area contributed by atoms with Crippen LogP contribution in [0.1, 0.15) is 41.7 Å². The minimum atomic E-state index is 0.545. The Morgan fingerprint density at radius 1 is 0.923 bits per heavy atom. The van der Waals surface area contributed by atoms with Crippen LogP contribution in [0.25, 0.3) is 17.0 Å². The normalized spacial score (nSPS) is 20.8. The van der Waals surface area contributed by atoms with E-state index < -0.39 is 0 Å². The zero-order chi connectivity index (χ0) is 27.1. The Kier molecular flexibility index (Phi) is 7.03. The molecule has 9 nitrogen and oxygen atoms in total. The maximum Gasteiger partial charge on any atom is 0.252 e. The highest BCUT2D eigenvalue weighted by atomic mass is 15.3. The van der Waals surface area contributed by atoms with Crippen molar-refractivity contribution in [1.82, 2.24) is 39.3 Å². The average molecular weight is 526 g/mol. The number of anilines is 1. The van der Waals surface area contributed by atoms with Crippen LogP contribution in [-0.2, 0) is 13.0 Å². The highest BCUT2D eigenvalue weighted by molar-refractivity contribution is 5.59. The molecule has 0 saturated carbocycles. The first-order chi connectivity index (χ1) is 18.8. The van der Waals surface area contributed by atoms with Crippen LogP contribution < -0.4 is 4.90 Å². The van der Waals surface area contributed by atoms with Gasteiger partial charge in [-0.2, -0.15) is 10.1 Å². The Hall–Kier alpha value is -3.43. The number of likely N-dealkylation sites (N-methyl/N-ethyl adjacent to an activating group) is 1. The van der Waals surface area contributed by atoms with Gasteiger partial charge in [0.25, 0.3) is 5.78 Å². The summed E-state index contributed by atoms with van der Waals surface area (Å²) in [6.07, 6.45) is 5.96. The van der Waals surface area contributed by atoms with Crippen molar-refractivity contribution in [3.63, 3.8) is 0 Å². The zero-order valence-corrected chi connectivity index (χ0v) is 23.8. The molecule has 2 atom stereocenters. The first-order valence-electron chi connectivity index (χ1n) is 14.1. The molecule has 204 valence electrons. The molecule has 0 radical (unpaired) electrons. The predicted octanol–water partition coefficient (Wildman–Crippen LogP) is 3.71. The summed E-state index contributed by atoms with van der Waals surface area (Å²) in [5.74, 6) is 2.94. The van der Waals surface area contributed by atoms with Crippen molar-refractivity contribution in [3.05, 3.63) is 65.0 Å². The molecular weight excluding hydrogens is 486 g/mol. The van der Waals surface area contributed by atoms with Crippen LogP contribution in [0, 0.1) is 26.7 Å². The van der Waals surface area contributed by atoms with E-state index in [1.807, 2.05) is 23.8 Å². The van der Waals surface area contributed by atoms with Crippen molar-refractivity contribution in [2.45, 2.75) is 53.1 Å². The number of fused-ring (bicyclic) bond motifs is 1. The minimum Gasteiger partial charge on any atom is -0.355 e. The summed E-state index contributed by atoms with van der Waals surface area (Å²) in [5, 5.41) is 4.53. The molecule has 2 aliphatic rings. The van der Waals surface area contributed by atoms with Crippen molar-refractivity contribution >= 4 is 11.6 Å². The first-order valence-corrected chi connectivity index (χ1v) is 14.1. The van der Waals surface area contributed by atoms with Crippen LogP contribution >= 0.6 is 0 Å². The second kappa shape index (κ2) is 10.6. The fourth-order valence-corrected chi connectivity index (χ4v) is 6.16. The number of hydrogen-bond acceptors (Lipinski definition) is 8. The Balaban J connectivity index is 1.08. The number of aromatic nitrogens is 6. The van der Waals surface area contributed by atoms with Crippen LogP contribution in [0.4, 0.5) is 5.82 Å². The maximum atomic E-state index is 4.81. The lowest BCUT2D eigenvalue weighted by atomic mass is 9.96. The number of rotatable bonds is 6. The number of hydrogen-bond donors (Lipinski definition) is 0. The van der Waals surface area contributed by atoms with Gasteiger partial charge in [0.1, 0.15) is 11.6 Å². The van der Waals surface area contributed by atoms with Crippen molar-refractivity contribution < 1.29 is 0 Å². The summed E-state index contributed by atoms with van der Waals surface area (Å²) in [4.78, 5) is 26.1. The SMILES string of the molecule is Cc1nc2nc(C)c(CC3CCN(c4cnc(-c5ccc(CN6CCN(C)CC6C)cc5)cn4)C3)c(C)n2n1. The largest absolute Gasteiger partial charge is 0.355 e. The van der Waals surface area contributed by atoms with Gasteiger partial charge in [0.05, 0.1) is 18.1 Å². The van der Waals surface area contributed by atoms with E-state index in [9.17, 15) is 0 Å². The van der Waals surface area contributed by atoms with Crippen LogP contribution in [-0.4, -0.2) is 85.2 Å². The summed E-state index contributed by atoms with van der Waals surface area (Å²) < 4.78 is 1.88. The van der Waals surface area contributed by atoms with Gasteiger partial charge in [-0.25, -0.2) is 14.5 Å².